The van der Waals surface area contributed by atoms with Crippen LogP contribution < -0.4 is 21.7 Å². The summed E-state index contributed by atoms with van der Waals surface area (Å²) in [5.74, 6) is 0. The molecule has 13 heteroatoms. The van der Waals surface area contributed by atoms with Gasteiger partial charge in [-0.3, -0.25) is 8.42 Å². The molecule has 0 aliphatic heterocycles. The van der Waals surface area contributed by atoms with Crippen molar-refractivity contribution in [2.75, 3.05) is 52.5 Å². The number of aliphatic hydroxyl groups excluding tert-OH is 1. The Morgan fingerprint density at radius 3 is 1.33 bits per heavy atom. The summed E-state index contributed by atoms with van der Waals surface area (Å²) in [5.41, 5.74) is 9.81. The van der Waals surface area contributed by atoms with Gasteiger partial charge in [0.2, 0.25) is 0 Å². The average Bonchev–Trinajstić information content (AvgIpc) is 2.28. The number of rotatable bonds is 7. The van der Waals surface area contributed by atoms with Crippen LogP contribution in [0.1, 0.15) is 0 Å². The van der Waals surface area contributed by atoms with E-state index in [4.69, 9.17) is 34.1 Å². The zero-order valence-electron chi connectivity index (χ0n) is 11.2. The fourth-order valence-electron chi connectivity index (χ4n) is 0.735. The van der Waals surface area contributed by atoms with Crippen LogP contribution in [-0.4, -0.2) is 80.1 Å². The first-order valence-electron chi connectivity index (χ1n) is 5.33. The molecule has 0 saturated heterocycles. The molecule has 2 radical (unpaired) electrons. The molecule has 0 atom stereocenters. The molecule has 21 heavy (non-hydrogen) atoms. The van der Waals surface area contributed by atoms with E-state index in [2.05, 4.69) is 0 Å². The van der Waals surface area contributed by atoms with Gasteiger partial charge >= 0.3 is 34.1 Å². The van der Waals surface area contributed by atoms with Crippen LogP contribution in [0.2, 0.25) is 0 Å². The van der Waals surface area contributed by atoms with Crippen LogP contribution >= 0.6 is 0 Å². The Kier molecular flexibility index (Phi) is 40.6. The third-order valence-corrected chi connectivity index (χ3v) is 1.40. The summed E-state index contributed by atoms with van der Waals surface area (Å²) in [6, 6.07) is 0. The minimum absolute atomic E-state index is 0. The van der Waals surface area contributed by atoms with Gasteiger partial charge in [0.25, 0.3) is 0 Å². The maximum Gasteiger partial charge on any atom is 2.00 e. The van der Waals surface area contributed by atoms with Gasteiger partial charge in [0.1, 0.15) is 0 Å². The Hall–Kier alpha value is 0.669. The minimum atomic E-state index is -5.17. The number of hydrogen-bond donors (Lipinski definition) is 3. The van der Waals surface area contributed by atoms with Crippen molar-refractivity contribution in [2.45, 2.75) is 0 Å². The average molecular weight is 430 g/mol. The zero-order valence-corrected chi connectivity index (χ0v) is 13.9. The third-order valence-electron chi connectivity index (χ3n) is 1.40. The van der Waals surface area contributed by atoms with Crippen LogP contribution in [-0.2, 0) is 44.5 Å². The molecule has 0 fully saturated rings. The van der Waals surface area contributed by atoms with Gasteiger partial charge in [-0.1, -0.05) is 0 Å². The Balaban J connectivity index is -0.0000000664. The van der Waals surface area contributed by atoms with Crippen molar-refractivity contribution in [3.63, 3.8) is 0 Å². The van der Waals surface area contributed by atoms with E-state index < -0.39 is 10.4 Å². The molecule has 5 N–H and O–H groups in total. The SMILES string of the molecule is NCCN.O=S(=O)([O-])[O-].[Cu+2].[Cu+2].[O-]CCN(CC[O-])CCO. The van der Waals surface area contributed by atoms with Crippen LogP contribution in [0.4, 0.5) is 0 Å². The van der Waals surface area contributed by atoms with E-state index in [1.165, 1.54) is 0 Å². The van der Waals surface area contributed by atoms with Crippen LogP contribution in [0.3, 0.4) is 0 Å². The summed E-state index contributed by atoms with van der Waals surface area (Å²) in [7, 11) is -5.17. The van der Waals surface area contributed by atoms with E-state index in [0.717, 1.165) is 0 Å². The van der Waals surface area contributed by atoms with Crippen LogP contribution in [0, 0.1) is 0 Å². The number of nitrogens with two attached hydrogens (primary N) is 2. The summed E-state index contributed by atoms with van der Waals surface area (Å²) in [6.45, 7) is 1.95. The molecule has 0 heterocycles. The molecule has 10 nitrogen and oxygen atoms in total. The second kappa shape index (κ2) is 25.6. The van der Waals surface area contributed by atoms with Crippen molar-refractivity contribution in [1.29, 1.82) is 0 Å². The maximum absolute atomic E-state index is 10.1. The number of nitrogens with zero attached hydrogens (tertiary/aromatic N) is 1. The van der Waals surface area contributed by atoms with Gasteiger partial charge in [-0.25, -0.2) is 0 Å². The molecule has 0 aromatic carbocycles. The summed E-state index contributed by atoms with van der Waals surface area (Å²) in [4.78, 5) is 1.67. The van der Waals surface area contributed by atoms with Crippen molar-refractivity contribution in [2.24, 2.45) is 11.5 Å². The monoisotopic (exact) mass is 429 g/mol. The van der Waals surface area contributed by atoms with Gasteiger partial charge in [0, 0.05) is 30.0 Å². The first kappa shape index (κ1) is 33.3. The molecule has 0 amide bonds. The molecule has 0 aromatic heterocycles. The number of hydrogen-bond acceptors (Lipinski definition) is 10. The largest absolute Gasteiger partial charge is 2.00 e. The quantitative estimate of drug-likeness (QED) is 0.199. The molecule has 0 rings (SSSR count). The normalized spacial score (nSPS) is 9.33. The van der Waals surface area contributed by atoms with Gasteiger partial charge in [0.05, 0.1) is 6.61 Å². The third kappa shape index (κ3) is 63.3. The van der Waals surface area contributed by atoms with Crippen LogP contribution in [0.25, 0.3) is 0 Å². The predicted molar refractivity (Wildman–Crippen MR) is 61.8 cm³/mol. The Labute approximate surface area is 146 Å². The standard InChI is InChI=1S/C6H13NO3.C2H8N2.2Cu.H2O4S/c8-4-1-7(2-5-9)3-6-10;3-1-2-4;;;1-5(2,3)4/h8H,1-6H2;1-4H2;;;(H2,1,2,3,4)/q-2;;2*+2;/p-2. The van der Waals surface area contributed by atoms with E-state index in [0.29, 0.717) is 32.7 Å². The fraction of sp³-hybridized carbons (Fsp3) is 1.00. The Morgan fingerprint density at radius 1 is 0.905 bits per heavy atom. The Morgan fingerprint density at radius 2 is 1.19 bits per heavy atom. The summed E-state index contributed by atoms with van der Waals surface area (Å²) in [6.07, 6.45) is 0. The molecular formula is C8H21Cu2N3O7S. The van der Waals surface area contributed by atoms with Crippen molar-refractivity contribution < 1.29 is 67.0 Å². The van der Waals surface area contributed by atoms with Gasteiger partial charge < -0.3 is 40.8 Å². The van der Waals surface area contributed by atoms with Gasteiger partial charge in [0.15, 0.2) is 0 Å². The van der Waals surface area contributed by atoms with Gasteiger partial charge in [-0.05, 0) is 13.1 Å². The van der Waals surface area contributed by atoms with Crippen molar-refractivity contribution in [1.82, 2.24) is 4.90 Å². The molecule has 0 saturated carbocycles. The molecular weight excluding hydrogens is 409 g/mol. The van der Waals surface area contributed by atoms with E-state index >= 15 is 0 Å². The van der Waals surface area contributed by atoms with E-state index in [-0.39, 0.29) is 54.0 Å². The first-order valence-corrected chi connectivity index (χ1v) is 6.66. The second-order valence-corrected chi connectivity index (χ2v) is 3.78. The maximum atomic E-state index is 10.1. The molecule has 0 bridgehead atoms. The number of aliphatic hydroxyl groups is 1. The molecule has 0 aliphatic carbocycles. The summed E-state index contributed by atoms with van der Waals surface area (Å²) in [5, 5.41) is 28.6. The molecule has 138 valence electrons. The second-order valence-electron chi connectivity index (χ2n) is 2.96. The smallest absolute Gasteiger partial charge is 0.854 e. The first-order chi connectivity index (χ1) is 8.76. The van der Waals surface area contributed by atoms with Crippen molar-refractivity contribution >= 4 is 10.4 Å². The molecule has 0 spiro atoms. The Bertz CT molecular complexity index is 236. The zero-order chi connectivity index (χ0) is 15.7. The topological polar surface area (TPSA) is 202 Å². The predicted octanol–water partition coefficient (Wildman–Crippen LogP) is -5.44. The van der Waals surface area contributed by atoms with Crippen molar-refractivity contribution in [3.8, 4) is 0 Å². The van der Waals surface area contributed by atoms with Crippen LogP contribution in [0.5, 0.6) is 0 Å². The van der Waals surface area contributed by atoms with E-state index in [9.17, 15) is 10.2 Å². The van der Waals surface area contributed by atoms with E-state index in [1.807, 2.05) is 0 Å². The molecule has 0 unspecified atom stereocenters. The minimum Gasteiger partial charge on any atom is -0.854 e. The van der Waals surface area contributed by atoms with Crippen molar-refractivity contribution in [3.05, 3.63) is 0 Å². The molecule has 0 aliphatic rings. The fourth-order valence-corrected chi connectivity index (χ4v) is 0.735. The summed E-state index contributed by atoms with van der Waals surface area (Å²) >= 11 is 0. The van der Waals surface area contributed by atoms with Crippen LogP contribution in [0.15, 0.2) is 0 Å². The van der Waals surface area contributed by atoms with Gasteiger partial charge in [-0.15, -0.1) is 13.2 Å². The molecule has 0 aromatic rings. The van der Waals surface area contributed by atoms with Gasteiger partial charge in [-0.2, -0.15) is 0 Å². The van der Waals surface area contributed by atoms with E-state index in [1.54, 1.807) is 4.90 Å². The summed E-state index contributed by atoms with van der Waals surface area (Å²) < 4.78 is 34.1.